The second-order valence-electron chi connectivity index (χ2n) is 6.57. The van der Waals surface area contributed by atoms with Gasteiger partial charge in [-0.05, 0) is 49.6 Å². The van der Waals surface area contributed by atoms with Gasteiger partial charge in [0.1, 0.15) is 5.75 Å². The highest BCUT2D eigenvalue weighted by Gasteiger charge is 2.02. The molecule has 0 aliphatic carbocycles. The molecule has 1 heterocycles. The summed E-state index contributed by atoms with van der Waals surface area (Å²) in [6.45, 7) is 5.45. The van der Waals surface area contributed by atoms with Gasteiger partial charge in [-0.25, -0.2) is 4.98 Å². The van der Waals surface area contributed by atoms with Gasteiger partial charge in [0.15, 0.2) is 5.96 Å². The summed E-state index contributed by atoms with van der Waals surface area (Å²) in [7, 11) is 1.69. The van der Waals surface area contributed by atoms with Gasteiger partial charge in [-0.1, -0.05) is 24.3 Å². The average molecular weight is 380 g/mol. The molecule has 28 heavy (non-hydrogen) atoms. The molecule has 0 atom stereocenters. The van der Waals surface area contributed by atoms with Gasteiger partial charge in [0.2, 0.25) is 0 Å². The van der Waals surface area contributed by atoms with Crippen LogP contribution in [-0.2, 0) is 13.0 Å². The van der Waals surface area contributed by atoms with Crippen LogP contribution in [0.1, 0.15) is 18.9 Å². The monoisotopic (exact) mass is 379 g/mol. The van der Waals surface area contributed by atoms with Crippen LogP contribution >= 0.6 is 0 Å². The van der Waals surface area contributed by atoms with Crippen LogP contribution in [0.15, 0.2) is 59.9 Å². The van der Waals surface area contributed by atoms with E-state index < -0.39 is 0 Å². The smallest absolute Gasteiger partial charge is 0.191 e. The molecule has 3 rings (SSSR count). The molecule has 0 unspecified atom stereocenters. The van der Waals surface area contributed by atoms with Gasteiger partial charge in [0, 0.05) is 26.2 Å². The van der Waals surface area contributed by atoms with Crippen LogP contribution in [-0.4, -0.2) is 42.3 Å². The van der Waals surface area contributed by atoms with E-state index in [1.165, 1.54) is 11.1 Å². The molecule has 0 aliphatic rings. The van der Waals surface area contributed by atoms with E-state index in [9.17, 15) is 0 Å². The van der Waals surface area contributed by atoms with E-state index in [4.69, 9.17) is 9.73 Å². The Morgan fingerprint density at radius 3 is 2.71 bits per heavy atom. The molecule has 3 aromatic rings. The molecule has 2 aromatic carbocycles. The molecule has 0 spiro atoms. The van der Waals surface area contributed by atoms with Gasteiger partial charge >= 0.3 is 0 Å². The van der Waals surface area contributed by atoms with Crippen LogP contribution in [0.25, 0.3) is 11.0 Å². The Balaban J connectivity index is 1.45. The van der Waals surface area contributed by atoms with Crippen LogP contribution in [0.5, 0.6) is 5.75 Å². The third-order valence-corrected chi connectivity index (χ3v) is 4.56. The fourth-order valence-corrected chi connectivity index (χ4v) is 3.08. The van der Waals surface area contributed by atoms with Crippen molar-refractivity contribution in [2.75, 3.05) is 26.7 Å². The highest BCUT2D eigenvalue weighted by atomic mass is 16.5. The molecule has 148 valence electrons. The van der Waals surface area contributed by atoms with Crippen molar-refractivity contribution in [3.8, 4) is 5.75 Å². The van der Waals surface area contributed by atoms with Crippen molar-refractivity contribution in [2.45, 2.75) is 26.3 Å². The van der Waals surface area contributed by atoms with Crippen LogP contribution < -0.4 is 15.4 Å². The zero-order valence-electron chi connectivity index (χ0n) is 16.7. The van der Waals surface area contributed by atoms with Gasteiger partial charge in [0.25, 0.3) is 0 Å². The van der Waals surface area contributed by atoms with Gasteiger partial charge in [-0.2, -0.15) is 0 Å². The predicted octanol–water partition coefficient (Wildman–Crippen LogP) is 3.23. The fraction of sp³-hybridized carbons (Fsp3) is 0.364. The normalized spacial score (nSPS) is 11.6. The lowest BCUT2D eigenvalue weighted by molar-refractivity contribution is 0.414. The van der Waals surface area contributed by atoms with Gasteiger partial charge in [-0.3, -0.25) is 4.99 Å². The number of aryl methyl sites for hydroxylation is 1. The zero-order valence-corrected chi connectivity index (χ0v) is 16.7. The number of methoxy groups -OCH3 is 1. The average Bonchev–Trinajstić information content (AvgIpc) is 3.15. The molecule has 6 nitrogen and oxygen atoms in total. The van der Waals surface area contributed by atoms with E-state index in [1.807, 2.05) is 30.6 Å². The molecule has 0 saturated heterocycles. The van der Waals surface area contributed by atoms with Crippen LogP contribution in [0.4, 0.5) is 0 Å². The summed E-state index contributed by atoms with van der Waals surface area (Å²) in [5.74, 6) is 1.75. The number of aliphatic imine (C=N–C) groups is 1. The van der Waals surface area contributed by atoms with Crippen LogP contribution in [0, 0.1) is 0 Å². The quantitative estimate of drug-likeness (QED) is 0.340. The first kappa shape index (κ1) is 19.7. The highest BCUT2D eigenvalue weighted by Crippen LogP contribution is 2.12. The van der Waals surface area contributed by atoms with Crippen molar-refractivity contribution in [2.24, 2.45) is 4.99 Å². The minimum absolute atomic E-state index is 0.768. The number of guanidine groups is 1. The molecule has 0 aliphatic heterocycles. The summed E-state index contributed by atoms with van der Waals surface area (Å²) in [5.41, 5.74) is 3.49. The summed E-state index contributed by atoms with van der Waals surface area (Å²) in [5, 5.41) is 6.72. The summed E-state index contributed by atoms with van der Waals surface area (Å²) >= 11 is 0. The Bertz CT molecular complexity index is 885. The Morgan fingerprint density at radius 2 is 1.93 bits per heavy atom. The lowest BCUT2D eigenvalue weighted by atomic mass is 10.1. The first-order valence-corrected chi connectivity index (χ1v) is 9.85. The molecule has 0 fully saturated rings. The number of benzene rings is 2. The van der Waals surface area contributed by atoms with Crippen molar-refractivity contribution < 1.29 is 4.74 Å². The Labute approximate surface area is 166 Å². The fourth-order valence-electron chi connectivity index (χ4n) is 3.08. The molecular weight excluding hydrogens is 350 g/mol. The first-order chi connectivity index (χ1) is 13.8. The van der Waals surface area contributed by atoms with E-state index in [0.29, 0.717) is 0 Å². The summed E-state index contributed by atoms with van der Waals surface area (Å²) in [6.07, 6.45) is 3.82. The minimum atomic E-state index is 0.768. The first-order valence-electron chi connectivity index (χ1n) is 9.85. The molecule has 1 aromatic heterocycles. The van der Waals surface area contributed by atoms with Crippen LogP contribution in [0.2, 0.25) is 0 Å². The summed E-state index contributed by atoms with van der Waals surface area (Å²) in [6, 6.07) is 16.4. The van der Waals surface area contributed by atoms with Crippen molar-refractivity contribution in [3.05, 3.63) is 60.4 Å². The zero-order chi connectivity index (χ0) is 19.6. The summed E-state index contributed by atoms with van der Waals surface area (Å²) in [4.78, 5) is 9.13. The van der Waals surface area contributed by atoms with Gasteiger partial charge < -0.3 is 19.9 Å². The van der Waals surface area contributed by atoms with E-state index in [2.05, 4.69) is 51.4 Å². The lowest BCUT2D eigenvalue weighted by Gasteiger charge is -2.11. The van der Waals surface area contributed by atoms with E-state index in [0.717, 1.165) is 56.2 Å². The van der Waals surface area contributed by atoms with Crippen LogP contribution in [0.3, 0.4) is 0 Å². The maximum absolute atomic E-state index is 5.20. The second kappa shape index (κ2) is 10.3. The predicted molar refractivity (Wildman–Crippen MR) is 115 cm³/mol. The van der Waals surface area contributed by atoms with Gasteiger partial charge in [-0.15, -0.1) is 0 Å². The number of ether oxygens (including phenoxy) is 1. The maximum atomic E-state index is 5.20. The third kappa shape index (κ3) is 5.49. The van der Waals surface area contributed by atoms with Gasteiger partial charge in [0.05, 0.1) is 24.5 Å². The van der Waals surface area contributed by atoms with E-state index in [1.54, 1.807) is 7.11 Å². The molecule has 0 radical (unpaired) electrons. The number of nitrogens with one attached hydrogen (secondary N) is 2. The Hall–Kier alpha value is -3.02. The standard InChI is InChI=1S/C22H29N5O/c1-3-23-22(25-15-13-18-9-11-19(28-2)12-10-18)24-14-6-16-27-17-26-20-7-4-5-8-21(20)27/h4-5,7-12,17H,3,6,13-16H2,1-2H3,(H2,23,24,25). The molecule has 0 bridgehead atoms. The molecule has 0 amide bonds. The SMILES string of the molecule is CCNC(=NCCCn1cnc2ccccc21)NCCc1ccc(OC)cc1. The van der Waals surface area contributed by atoms with Crippen molar-refractivity contribution >= 4 is 17.0 Å². The maximum Gasteiger partial charge on any atom is 0.191 e. The van der Waals surface area contributed by atoms with E-state index >= 15 is 0 Å². The molecular formula is C22H29N5O. The molecule has 2 N–H and O–H groups in total. The molecule has 0 saturated carbocycles. The number of fused-ring (bicyclic) bond motifs is 1. The molecule has 6 heteroatoms. The largest absolute Gasteiger partial charge is 0.497 e. The lowest BCUT2D eigenvalue weighted by Crippen LogP contribution is -2.38. The number of para-hydroxylation sites is 2. The number of aromatic nitrogens is 2. The number of imidazole rings is 1. The Morgan fingerprint density at radius 1 is 1.11 bits per heavy atom. The topological polar surface area (TPSA) is 63.5 Å². The highest BCUT2D eigenvalue weighted by molar-refractivity contribution is 5.79. The Kier molecular flexibility index (Phi) is 7.29. The summed E-state index contributed by atoms with van der Waals surface area (Å²) < 4.78 is 7.39. The number of hydrogen-bond donors (Lipinski definition) is 2. The van der Waals surface area contributed by atoms with Crippen molar-refractivity contribution in [1.29, 1.82) is 0 Å². The van der Waals surface area contributed by atoms with Crippen molar-refractivity contribution in [1.82, 2.24) is 20.2 Å². The number of hydrogen-bond acceptors (Lipinski definition) is 3. The number of rotatable bonds is 9. The number of nitrogens with zero attached hydrogens (tertiary/aromatic N) is 3. The van der Waals surface area contributed by atoms with Crippen molar-refractivity contribution in [3.63, 3.8) is 0 Å². The minimum Gasteiger partial charge on any atom is -0.497 e. The van der Waals surface area contributed by atoms with E-state index in [-0.39, 0.29) is 0 Å². The third-order valence-electron chi connectivity index (χ3n) is 4.56. The second-order valence-corrected chi connectivity index (χ2v) is 6.57.